The van der Waals surface area contributed by atoms with Crippen molar-refractivity contribution in [2.24, 2.45) is 0 Å². The number of nitrogens with zero attached hydrogens (tertiary/aromatic N) is 2. The highest BCUT2D eigenvalue weighted by molar-refractivity contribution is 5.82. The van der Waals surface area contributed by atoms with Crippen molar-refractivity contribution in [3.8, 4) is 0 Å². The average molecular weight is 238 g/mol. The summed E-state index contributed by atoms with van der Waals surface area (Å²) in [6.45, 7) is 0. The molecule has 0 aliphatic carbocycles. The molecule has 0 bridgehead atoms. The van der Waals surface area contributed by atoms with Gasteiger partial charge in [0.1, 0.15) is 0 Å². The number of para-hydroxylation sites is 2. The molecule has 0 radical (unpaired) electrons. The number of H-pyrrole nitrogens is 1. The highest BCUT2D eigenvalue weighted by Gasteiger charge is 2.07. The minimum Gasteiger partial charge on any atom is -0.397 e. The third kappa shape index (κ3) is 1.68. The Kier molecular flexibility index (Phi) is 2.41. The van der Waals surface area contributed by atoms with E-state index in [1.165, 1.54) is 0 Å². The zero-order chi connectivity index (χ0) is 12.5. The van der Waals surface area contributed by atoms with Gasteiger partial charge < -0.3 is 15.6 Å². The first kappa shape index (κ1) is 10.7. The lowest BCUT2D eigenvalue weighted by molar-refractivity contribution is 1.21. The first-order chi connectivity index (χ1) is 8.75. The highest BCUT2D eigenvalue weighted by atomic mass is 15.1. The summed E-state index contributed by atoms with van der Waals surface area (Å²) in [7, 11) is 2.00. The zero-order valence-corrected chi connectivity index (χ0v) is 10.1. The lowest BCUT2D eigenvalue weighted by atomic mass is 10.2. The normalized spacial score (nSPS) is 10.7. The number of nitrogens with one attached hydrogen (secondary N) is 1. The number of nitrogens with two attached hydrogens (primary N) is 1. The minimum atomic E-state index is 0.768. The Bertz CT molecular complexity index is 687. The van der Waals surface area contributed by atoms with Crippen LogP contribution in [-0.4, -0.2) is 17.0 Å². The Balaban J connectivity index is 2.06. The largest absolute Gasteiger partial charge is 0.397 e. The van der Waals surface area contributed by atoms with Gasteiger partial charge in [0.05, 0.1) is 28.7 Å². The summed E-state index contributed by atoms with van der Waals surface area (Å²) in [5, 5.41) is 0. The van der Waals surface area contributed by atoms with Gasteiger partial charge in [-0.15, -0.1) is 0 Å². The second kappa shape index (κ2) is 4.07. The van der Waals surface area contributed by atoms with Crippen LogP contribution in [0.25, 0.3) is 11.0 Å². The number of hydrogen-bond donors (Lipinski definition) is 2. The van der Waals surface area contributed by atoms with Crippen molar-refractivity contribution in [2.45, 2.75) is 0 Å². The fourth-order valence-corrected chi connectivity index (χ4v) is 2.06. The molecule has 0 aliphatic rings. The molecule has 18 heavy (non-hydrogen) atoms. The van der Waals surface area contributed by atoms with Crippen molar-refractivity contribution in [3.05, 3.63) is 48.8 Å². The third-order valence-corrected chi connectivity index (χ3v) is 3.09. The molecule has 0 spiro atoms. The van der Waals surface area contributed by atoms with Gasteiger partial charge in [-0.1, -0.05) is 12.1 Å². The number of aromatic nitrogens is 2. The van der Waals surface area contributed by atoms with Crippen LogP contribution in [0.4, 0.5) is 17.1 Å². The van der Waals surface area contributed by atoms with Gasteiger partial charge in [0.25, 0.3) is 0 Å². The molecule has 1 aromatic heterocycles. The topological polar surface area (TPSA) is 57.9 Å². The summed E-state index contributed by atoms with van der Waals surface area (Å²) >= 11 is 0. The maximum absolute atomic E-state index is 5.99. The zero-order valence-electron chi connectivity index (χ0n) is 10.1. The van der Waals surface area contributed by atoms with E-state index in [0.717, 1.165) is 28.1 Å². The van der Waals surface area contributed by atoms with E-state index in [2.05, 4.69) is 20.9 Å². The van der Waals surface area contributed by atoms with Crippen LogP contribution in [0.1, 0.15) is 0 Å². The molecular formula is C14H14N4. The standard InChI is InChI=1S/C14H14N4/c1-18(14-5-3-2-4-11(14)15)10-6-7-12-13(8-10)17-9-16-12/h2-9H,15H2,1H3,(H,16,17). The number of fused-ring (bicyclic) bond motifs is 1. The number of anilines is 3. The van der Waals surface area contributed by atoms with Crippen molar-refractivity contribution in [2.75, 3.05) is 17.7 Å². The Hall–Kier alpha value is -2.49. The average Bonchev–Trinajstić information content (AvgIpc) is 2.85. The Morgan fingerprint density at radius 2 is 2.00 bits per heavy atom. The van der Waals surface area contributed by atoms with E-state index in [-0.39, 0.29) is 0 Å². The molecule has 4 heteroatoms. The summed E-state index contributed by atoms with van der Waals surface area (Å²) < 4.78 is 0. The molecule has 3 rings (SSSR count). The molecule has 0 aliphatic heterocycles. The summed E-state index contributed by atoms with van der Waals surface area (Å²) in [6, 6.07) is 13.9. The molecule has 3 N–H and O–H groups in total. The predicted octanol–water partition coefficient (Wildman–Crippen LogP) is 2.91. The number of benzene rings is 2. The van der Waals surface area contributed by atoms with Crippen molar-refractivity contribution < 1.29 is 0 Å². The lowest BCUT2D eigenvalue weighted by Gasteiger charge is -2.21. The molecule has 1 heterocycles. The van der Waals surface area contributed by atoms with Crippen LogP contribution in [-0.2, 0) is 0 Å². The van der Waals surface area contributed by atoms with Gasteiger partial charge >= 0.3 is 0 Å². The highest BCUT2D eigenvalue weighted by Crippen LogP contribution is 2.29. The predicted molar refractivity (Wildman–Crippen MR) is 75.0 cm³/mol. The monoisotopic (exact) mass is 238 g/mol. The van der Waals surface area contributed by atoms with Crippen LogP contribution in [0.3, 0.4) is 0 Å². The molecule has 0 fully saturated rings. The number of hydrogen-bond acceptors (Lipinski definition) is 3. The summed E-state index contributed by atoms with van der Waals surface area (Å²) in [4.78, 5) is 9.39. The van der Waals surface area contributed by atoms with E-state index in [9.17, 15) is 0 Å². The Labute approximate surface area is 105 Å². The van der Waals surface area contributed by atoms with E-state index in [0.29, 0.717) is 0 Å². The van der Waals surface area contributed by atoms with E-state index < -0.39 is 0 Å². The lowest BCUT2D eigenvalue weighted by Crippen LogP contribution is -2.11. The smallest absolute Gasteiger partial charge is 0.0931 e. The molecule has 0 saturated heterocycles. The molecule has 0 amide bonds. The fourth-order valence-electron chi connectivity index (χ4n) is 2.06. The van der Waals surface area contributed by atoms with E-state index in [1.807, 2.05) is 43.4 Å². The molecule has 3 aromatic rings. The molecular weight excluding hydrogens is 224 g/mol. The van der Waals surface area contributed by atoms with Gasteiger partial charge in [-0.05, 0) is 30.3 Å². The SMILES string of the molecule is CN(c1ccc2nc[nH]c2c1)c1ccccc1N. The molecule has 0 atom stereocenters. The van der Waals surface area contributed by atoms with Gasteiger partial charge in [-0.3, -0.25) is 0 Å². The minimum absolute atomic E-state index is 0.768. The number of rotatable bonds is 2. The maximum atomic E-state index is 5.99. The Morgan fingerprint density at radius 1 is 1.17 bits per heavy atom. The number of nitrogen functional groups attached to an aromatic ring is 1. The van der Waals surface area contributed by atoms with Crippen molar-refractivity contribution in [1.29, 1.82) is 0 Å². The van der Waals surface area contributed by atoms with Crippen molar-refractivity contribution >= 4 is 28.1 Å². The van der Waals surface area contributed by atoms with Crippen LogP contribution in [0.5, 0.6) is 0 Å². The first-order valence-electron chi connectivity index (χ1n) is 5.77. The molecule has 2 aromatic carbocycles. The number of aromatic amines is 1. The Morgan fingerprint density at radius 3 is 2.83 bits per heavy atom. The van der Waals surface area contributed by atoms with Gasteiger partial charge in [0.15, 0.2) is 0 Å². The summed E-state index contributed by atoms with van der Waals surface area (Å²) in [5.41, 5.74) is 10.8. The van der Waals surface area contributed by atoms with Crippen LogP contribution in [0, 0.1) is 0 Å². The molecule has 0 unspecified atom stereocenters. The quantitative estimate of drug-likeness (QED) is 0.675. The molecule has 0 saturated carbocycles. The van der Waals surface area contributed by atoms with E-state index in [4.69, 9.17) is 5.73 Å². The fraction of sp³-hybridized carbons (Fsp3) is 0.0714. The van der Waals surface area contributed by atoms with Gasteiger partial charge in [0, 0.05) is 12.7 Å². The van der Waals surface area contributed by atoms with Crippen LogP contribution >= 0.6 is 0 Å². The van der Waals surface area contributed by atoms with Crippen LogP contribution in [0.15, 0.2) is 48.8 Å². The molecule has 90 valence electrons. The van der Waals surface area contributed by atoms with E-state index in [1.54, 1.807) is 6.33 Å². The molecule has 4 nitrogen and oxygen atoms in total. The third-order valence-electron chi connectivity index (χ3n) is 3.09. The second-order valence-electron chi connectivity index (χ2n) is 4.22. The summed E-state index contributed by atoms with van der Waals surface area (Å²) in [5.74, 6) is 0. The second-order valence-corrected chi connectivity index (χ2v) is 4.22. The first-order valence-corrected chi connectivity index (χ1v) is 5.77. The van der Waals surface area contributed by atoms with Gasteiger partial charge in [0.2, 0.25) is 0 Å². The van der Waals surface area contributed by atoms with Crippen LogP contribution in [0.2, 0.25) is 0 Å². The van der Waals surface area contributed by atoms with Gasteiger partial charge in [-0.25, -0.2) is 4.98 Å². The van der Waals surface area contributed by atoms with E-state index >= 15 is 0 Å². The summed E-state index contributed by atoms with van der Waals surface area (Å²) in [6.07, 6.45) is 1.70. The van der Waals surface area contributed by atoms with Gasteiger partial charge in [-0.2, -0.15) is 0 Å². The van der Waals surface area contributed by atoms with Crippen molar-refractivity contribution in [3.63, 3.8) is 0 Å². The van der Waals surface area contributed by atoms with Crippen molar-refractivity contribution in [1.82, 2.24) is 9.97 Å². The van der Waals surface area contributed by atoms with Crippen LogP contribution < -0.4 is 10.6 Å². The maximum Gasteiger partial charge on any atom is 0.0931 e. The number of imidazole rings is 1.